The number of hydrogen-bond acceptors (Lipinski definition) is 1. The zero-order valence-electron chi connectivity index (χ0n) is 10.5. The van der Waals surface area contributed by atoms with Crippen molar-refractivity contribution >= 4 is 11.6 Å². The summed E-state index contributed by atoms with van der Waals surface area (Å²) in [5.74, 6) is 0. The second-order valence-electron chi connectivity index (χ2n) is 4.51. The number of aromatic nitrogens is 2. The number of aryl methyl sites for hydroxylation is 1. The van der Waals surface area contributed by atoms with Crippen molar-refractivity contribution in [3.8, 4) is 22.5 Å². The first kappa shape index (κ1) is 12.0. The highest BCUT2D eigenvalue weighted by atomic mass is 35.5. The zero-order chi connectivity index (χ0) is 13.2. The highest BCUT2D eigenvalue weighted by Gasteiger charge is 2.08. The predicted molar refractivity (Wildman–Crippen MR) is 79.2 cm³/mol. The van der Waals surface area contributed by atoms with Crippen LogP contribution in [0.5, 0.6) is 0 Å². The van der Waals surface area contributed by atoms with Crippen LogP contribution in [0.4, 0.5) is 0 Å². The van der Waals surface area contributed by atoms with Crippen LogP contribution in [0.3, 0.4) is 0 Å². The van der Waals surface area contributed by atoms with Gasteiger partial charge in [-0.15, -0.1) is 0 Å². The lowest BCUT2D eigenvalue weighted by atomic mass is 10.1. The van der Waals surface area contributed by atoms with E-state index in [0.717, 1.165) is 27.5 Å². The van der Waals surface area contributed by atoms with Gasteiger partial charge in [-0.25, -0.2) is 0 Å². The summed E-state index contributed by atoms with van der Waals surface area (Å²) in [7, 11) is 0. The fraction of sp³-hybridized carbons (Fsp3) is 0.0625. The van der Waals surface area contributed by atoms with Crippen LogP contribution in [0.2, 0.25) is 5.02 Å². The van der Waals surface area contributed by atoms with Gasteiger partial charge >= 0.3 is 0 Å². The molecule has 1 N–H and O–H groups in total. The largest absolute Gasteiger partial charge is 0.277 e. The minimum Gasteiger partial charge on any atom is -0.277 e. The van der Waals surface area contributed by atoms with Crippen molar-refractivity contribution in [1.82, 2.24) is 10.2 Å². The van der Waals surface area contributed by atoms with Gasteiger partial charge < -0.3 is 0 Å². The van der Waals surface area contributed by atoms with E-state index >= 15 is 0 Å². The maximum atomic E-state index is 6.19. The second kappa shape index (κ2) is 4.90. The smallest absolute Gasteiger partial charge is 0.0927 e. The highest BCUT2D eigenvalue weighted by molar-refractivity contribution is 6.33. The summed E-state index contributed by atoms with van der Waals surface area (Å²) in [6.45, 7) is 2.07. The molecule has 0 radical (unpaired) electrons. The molecule has 0 aliphatic heterocycles. The summed E-state index contributed by atoms with van der Waals surface area (Å²) >= 11 is 6.19. The van der Waals surface area contributed by atoms with Gasteiger partial charge in [0.2, 0.25) is 0 Å². The maximum Gasteiger partial charge on any atom is 0.0927 e. The Kier molecular flexibility index (Phi) is 3.10. The van der Waals surface area contributed by atoms with Crippen LogP contribution in [-0.4, -0.2) is 10.2 Å². The molecule has 0 spiro atoms. The molecule has 3 rings (SSSR count). The minimum absolute atomic E-state index is 0.724. The van der Waals surface area contributed by atoms with E-state index in [9.17, 15) is 0 Å². The molecule has 1 heterocycles. The normalized spacial score (nSPS) is 10.6. The van der Waals surface area contributed by atoms with Crippen molar-refractivity contribution in [2.45, 2.75) is 6.92 Å². The van der Waals surface area contributed by atoms with Gasteiger partial charge in [0.15, 0.2) is 0 Å². The Labute approximate surface area is 117 Å². The Morgan fingerprint density at radius 2 is 1.74 bits per heavy atom. The van der Waals surface area contributed by atoms with Crippen molar-refractivity contribution in [3.63, 3.8) is 0 Å². The summed E-state index contributed by atoms with van der Waals surface area (Å²) in [6, 6.07) is 18.1. The molecule has 0 bridgehead atoms. The Morgan fingerprint density at radius 3 is 2.47 bits per heavy atom. The number of aromatic amines is 1. The maximum absolute atomic E-state index is 6.19. The molecule has 19 heavy (non-hydrogen) atoms. The van der Waals surface area contributed by atoms with Gasteiger partial charge in [0.1, 0.15) is 0 Å². The van der Waals surface area contributed by atoms with Crippen LogP contribution in [0.25, 0.3) is 22.5 Å². The zero-order valence-corrected chi connectivity index (χ0v) is 11.3. The van der Waals surface area contributed by atoms with Gasteiger partial charge in [0.05, 0.1) is 11.4 Å². The standard InChI is InChI=1S/C16H13ClN2/c1-11-6-8-12(9-7-11)15-10-16(19-18-15)13-4-2-3-5-14(13)17/h2-10H,1H3,(H,18,19). The molecule has 2 nitrogen and oxygen atoms in total. The Balaban J connectivity index is 2.00. The molecule has 0 unspecified atom stereocenters. The molecule has 1 aromatic heterocycles. The fourth-order valence-corrected chi connectivity index (χ4v) is 2.25. The second-order valence-corrected chi connectivity index (χ2v) is 4.92. The van der Waals surface area contributed by atoms with Crippen molar-refractivity contribution < 1.29 is 0 Å². The number of H-pyrrole nitrogens is 1. The summed E-state index contributed by atoms with van der Waals surface area (Å²) in [6.07, 6.45) is 0. The lowest BCUT2D eigenvalue weighted by Crippen LogP contribution is -1.78. The predicted octanol–water partition coefficient (Wildman–Crippen LogP) is 4.71. The fourth-order valence-electron chi connectivity index (χ4n) is 2.01. The topological polar surface area (TPSA) is 28.7 Å². The molecule has 94 valence electrons. The Morgan fingerprint density at radius 1 is 1.00 bits per heavy atom. The van der Waals surface area contributed by atoms with Crippen molar-refractivity contribution in [2.24, 2.45) is 0 Å². The van der Waals surface area contributed by atoms with E-state index in [-0.39, 0.29) is 0 Å². The van der Waals surface area contributed by atoms with Gasteiger partial charge in [-0.3, -0.25) is 5.10 Å². The molecule has 3 heteroatoms. The molecule has 0 amide bonds. The van der Waals surface area contributed by atoms with Crippen LogP contribution in [-0.2, 0) is 0 Å². The lowest BCUT2D eigenvalue weighted by molar-refractivity contribution is 1.10. The first-order valence-electron chi connectivity index (χ1n) is 6.11. The van der Waals surface area contributed by atoms with E-state index < -0.39 is 0 Å². The molecule has 0 saturated carbocycles. The summed E-state index contributed by atoms with van der Waals surface area (Å²) in [5, 5.41) is 8.12. The molecule has 0 saturated heterocycles. The number of nitrogens with zero attached hydrogens (tertiary/aromatic N) is 1. The SMILES string of the molecule is Cc1ccc(-c2cc(-c3ccccc3Cl)[nH]n2)cc1. The average molecular weight is 269 g/mol. The third-order valence-electron chi connectivity index (χ3n) is 3.09. The molecule has 0 fully saturated rings. The molecule has 0 aliphatic rings. The summed E-state index contributed by atoms with van der Waals surface area (Å²) < 4.78 is 0. The quantitative estimate of drug-likeness (QED) is 0.717. The molecule has 0 aliphatic carbocycles. The van der Waals surface area contributed by atoms with Crippen LogP contribution >= 0.6 is 11.6 Å². The molecule has 3 aromatic rings. The van der Waals surface area contributed by atoms with E-state index in [4.69, 9.17) is 11.6 Å². The van der Waals surface area contributed by atoms with E-state index in [2.05, 4.69) is 41.4 Å². The number of nitrogens with one attached hydrogen (secondary N) is 1. The number of benzene rings is 2. The number of hydrogen-bond donors (Lipinski definition) is 1. The van der Waals surface area contributed by atoms with Crippen molar-refractivity contribution in [3.05, 3.63) is 65.2 Å². The van der Waals surface area contributed by atoms with Crippen LogP contribution in [0, 0.1) is 6.92 Å². The van der Waals surface area contributed by atoms with Crippen LogP contribution < -0.4 is 0 Å². The molecular weight excluding hydrogens is 256 g/mol. The molecule has 0 atom stereocenters. The van der Waals surface area contributed by atoms with Crippen LogP contribution in [0.1, 0.15) is 5.56 Å². The van der Waals surface area contributed by atoms with E-state index in [1.807, 2.05) is 30.3 Å². The third kappa shape index (κ3) is 2.40. The highest BCUT2D eigenvalue weighted by Crippen LogP contribution is 2.28. The number of halogens is 1. The van der Waals surface area contributed by atoms with Gasteiger partial charge in [-0.2, -0.15) is 5.10 Å². The first-order valence-corrected chi connectivity index (χ1v) is 6.49. The number of rotatable bonds is 2. The minimum atomic E-state index is 0.724. The molecular formula is C16H13ClN2. The summed E-state index contributed by atoms with van der Waals surface area (Å²) in [5.41, 5.74) is 5.16. The summed E-state index contributed by atoms with van der Waals surface area (Å²) in [4.78, 5) is 0. The third-order valence-corrected chi connectivity index (χ3v) is 3.42. The monoisotopic (exact) mass is 268 g/mol. The Hall–Kier alpha value is -2.06. The molecule has 2 aromatic carbocycles. The van der Waals surface area contributed by atoms with Crippen molar-refractivity contribution in [2.75, 3.05) is 0 Å². The van der Waals surface area contributed by atoms with Gasteiger partial charge in [0, 0.05) is 16.1 Å². The average Bonchev–Trinajstić information content (AvgIpc) is 2.89. The van der Waals surface area contributed by atoms with E-state index in [0.29, 0.717) is 0 Å². The van der Waals surface area contributed by atoms with Gasteiger partial charge in [0.25, 0.3) is 0 Å². The van der Waals surface area contributed by atoms with Gasteiger partial charge in [-0.05, 0) is 19.1 Å². The lowest BCUT2D eigenvalue weighted by Gasteiger charge is -1.99. The Bertz CT molecular complexity index is 699. The van der Waals surface area contributed by atoms with E-state index in [1.165, 1.54) is 5.56 Å². The van der Waals surface area contributed by atoms with Gasteiger partial charge in [-0.1, -0.05) is 59.6 Å². The first-order chi connectivity index (χ1) is 9.24. The van der Waals surface area contributed by atoms with E-state index in [1.54, 1.807) is 0 Å². The van der Waals surface area contributed by atoms with Crippen LogP contribution in [0.15, 0.2) is 54.6 Å². The van der Waals surface area contributed by atoms with Crippen molar-refractivity contribution in [1.29, 1.82) is 0 Å².